The van der Waals surface area contributed by atoms with Gasteiger partial charge < -0.3 is 10.0 Å². The summed E-state index contributed by atoms with van der Waals surface area (Å²) in [5.74, 6) is 0.559. The highest BCUT2D eigenvalue weighted by Crippen LogP contribution is 2.43. The Labute approximate surface area is 231 Å². The maximum Gasteiger partial charge on any atom is 0.282 e. The van der Waals surface area contributed by atoms with Crippen LogP contribution in [-0.4, -0.2) is 31.1 Å². The van der Waals surface area contributed by atoms with E-state index in [1.54, 1.807) is 21.7 Å². The summed E-state index contributed by atoms with van der Waals surface area (Å²) in [7, 11) is 0. The Hall–Kier alpha value is -5.43. The summed E-state index contributed by atoms with van der Waals surface area (Å²) in [6.07, 6.45) is 14.4. The number of rotatable bonds is 5. The SMILES string of the molecule is O=C1/C(=C/C2=C(N(c3ccccc3)c3ccccc3)C(=Cc3nc4ccccn4c3O)CC2)N=C2C=CC=CN12. The molecule has 0 atom stereocenters. The molecule has 4 heterocycles. The van der Waals surface area contributed by atoms with E-state index in [9.17, 15) is 9.90 Å². The standard InChI is InChI=1S/C33H25N5O2/c39-32-27(34-29-15-7-9-19-36(29)32)21-23-17-18-24(22-28-33(40)37-20-10-8-16-30(37)35-28)31(23)38(25-11-3-1-4-12-25)26-13-5-2-6-14-26/h1-16,19-22,39H,17-18H2/b23-21?,28-22-. The van der Waals surface area contributed by atoms with Gasteiger partial charge in [-0.15, -0.1) is 0 Å². The molecule has 7 nitrogen and oxygen atoms in total. The Bertz CT molecular complexity index is 1780. The van der Waals surface area contributed by atoms with E-state index in [0.29, 0.717) is 35.7 Å². The summed E-state index contributed by atoms with van der Waals surface area (Å²) in [6, 6.07) is 25.9. The molecule has 1 aliphatic carbocycles. The predicted octanol–water partition coefficient (Wildman–Crippen LogP) is 6.52. The predicted molar refractivity (Wildman–Crippen MR) is 157 cm³/mol. The first-order chi connectivity index (χ1) is 19.7. The number of carbonyl (C=O) groups excluding carboxylic acids is 1. The number of benzene rings is 2. The highest BCUT2D eigenvalue weighted by molar-refractivity contribution is 6.17. The quantitative estimate of drug-likeness (QED) is 0.302. The van der Waals surface area contributed by atoms with Gasteiger partial charge in [0.25, 0.3) is 5.91 Å². The number of aromatic hydroxyl groups is 1. The van der Waals surface area contributed by atoms with Gasteiger partial charge in [0, 0.05) is 23.8 Å². The Balaban J connectivity index is 1.44. The van der Waals surface area contributed by atoms with Crippen molar-refractivity contribution in [3.8, 4) is 5.88 Å². The number of amides is 1. The molecule has 0 bridgehead atoms. The molecule has 7 heteroatoms. The maximum absolute atomic E-state index is 13.2. The van der Waals surface area contributed by atoms with E-state index in [1.807, 2.05) is 85.0 Å². The fraction of sp³-hybridized carbons (Fsp3) is 0.0606. The highest BCUT2D eigenvalue weighted by Gasteiger charge is 2.31. The number of para-hydroxylation sites is 2. The number of nitrogens with zero attached hydrogens (tertiary/aromatic N) is 5. The third kappa shape index (κ3) is 4.05. The number of aromatic nitrogens is 2. The monoisotopic (exact) mass is 523 g/mol. The molecule has 2 aromatic carbocycles. The number of anilines is 2. The molecule has 7 rings (SSSR count). The molecule has 194 valence electrons. The van der Waals surface area contributed by atoms with Crippen LogP contribution in [0.4, 0.5) is 11.4 Å². The van der Waals surface area contributed by atoms with Crippen molar-refractivity contribution in [2.24, 2.45) is 4.99 Å². The third-order valence-corrected chi connectivity index (χ3v) is 7.19. The number of fused-ring (bicyclic) bond motifs is 2. The van der Waals surface area contributed by atoms with Crippen LogP contribution < -0.4 is 4.90 Å². The van der Waals surface area contributed by atoms with Crippen molar-refractivity contribution in [3.63, 3.8) is 0 Å². The first-order valence-corrected chi connectivity index (χ1v) is 13.2. The van der Waals surface area contributed by atoms with Crippen molar-refractivity contribution in [2.45, 2.75) is 12.8 Å². The second-order valence-corrected chi connectivity index (χ2v) is 9.67. The van der Waals surface area contributed by atoms with Crippen LogP contribution in [-0.2, 0) is 4.79 Å². The van der Waals surface area contributed by atoms with Gasteiger partial charge in [0.05, 0.1) is 5.70 Å². The van der Waals surface area contributed by atoms with Crippen LogP contribution in [0.25, 0.3) is 11.7 Å². The van der Waals surface area contributed by atoms with Gasteiger partial charge in [0.2, 0.25) is 5.88 Å². The molecule has 1 N–H and O–H groups in total. The fourth-order valence-electron chi connectivity index (χ4n) is 5.36. The van der Waals surface area contributed by atoms with Gasteiger partial charge in [-0.3, -0.25) is 14.1 Å². The Morgan fingerprint density at radius 2 is 1.57 bits per heavy atom. The first kappa shape index (κ1) is 23.7. The lowest BCUT2D eigenvalue weighted by Crippen LogP contribution is -2.26. The van der Waals surface area contributed by atoms with E-state index in [1.165, 1.54) is 0 Å². The number of hydrogen-bond donors (Lipinski definition) is 1. The Kier molecular flexibility index (Phi) is 5.74. The molecule has 2 aromatic heterocycles. The van der Waals surface area contributed by atoms with Crippen LogP contribution in [0.2, 0.25) is 0 Å². The normalized spacial score (nSPS) is 18.4. The average molecular weight is 524 g/mol. The summed E-state index contributed by atoms with van der Waals surface area (Å²) in [5, 5.41) is 11.0. The second-order valence-electron chi connectivity index (χ2n) is 9.67. The zero-order valence-electron chi connectivity index (χ0n) is 21.6. The van der Waals surface area contributed by atoms with Crippen molar-refractivity contribution in [1.29, 1.82) is 0 Å². The molecule has 40 heavy (non-hydrogen) atoms. The molecule has 0 saturated carbocycles. The molecule has 1 amide bonds. The molecule has 0 saturated heterocycles. The largest absolute Gasteiger partial charge is 0.493 e. The van der Waals surface area contributed by atoms with E-state index >= 15 is 0 Å². The van der Waals surface area contributed by atoms with Gasteiger partial charge in [-0.25, -0.2) is 9.98 Å². The number of aliphatic imine (C=N–C) groups is 1. The molecule has 3 aliphatic rings. The van der Waals surface area contributed by atoms with Gasteiger partial charge >= 0.3 is 0 Å². The van der Waals surface area contributed by atoms with Crippen molar-refractivity contribution >= 4 is 34.8 Å². The van der Waals surface area contributed by atoms with Crippen molar-refractivity contribution in [3.05, 3.63) is 144 Å². The van der Waals surface area contributed by atoms with Gasteiger partial charge in [-0.1, -0.05) is 48.5 Å². The lowest BCUT2D eigenvalue weighted by molar-refractivity contribution is -0.121. The number of amidine groups is 1. The van der Waals surface area contributed by atoms with Gasteiger partial charge in [-0.2, -0.15) is 0 Å². The van der Waals surface area contributed by atoms with Crippen LogP contribution in [0.3, 0.4) is 0 Å². The summed E-state index contributed by atoms with van der Waals surface area (Å²) in [6.45, 7) is 0. The van der Waals surface area contributed by atoms with E-state index < -0.39 is 0 Å². The van der Waals surface area contributed by atoms with Crippen LogP contribution in [0, 0.1) is 0 Å². The van der Waals surface area contributed by atoms with E-state index in [-0.39, 0.29) is 11.8 Å². The molecular formula is C33H25N5O2. The minimum Gasteiger partial charge on any atom is -0.493 e. The minimum atomic E-state index is -0.149. The lowest BCUT2D eigenvalue weighted by Gasteiger charge is -2.28. The minimum absolute atomic E-state index is 0.0908. The third-order valence-electron chi connectivity index (χ3n) is 7.19. The molecule has 4 aromatic rings. The second kappa shape index (κ2) is 9.71. The Morgan fingerprint density at radius 1 is 0.850 bits per heavy atom. The zero-order valence-corrected chi connectivity index (χ0v) is 21.6. The summed E-state index contributed by atoms with van der Waals surface area (Å²) >= 11 is 0. The van der Waals surface area contributed by atoms with E-state index in [0.717, 1.165) is 28.2 Å². The first-order valence-electron chi connectivity index (χ1n) is 13.2. The number of pyridine rings is 1. The zero-order chi connectivity index (χ0) is 27.1. The number of imidazole rings is 1. The topological polar surface area (TPSA) is 73.4 Å². The lowest BCUT2D eigenvalue weighted by atomic mass is 10.1. The average Bonchev–Trinajstić information content (AvgIpc) is 3.64. The molecule has 0 fully saturated rings. The van der Waals surface area contributed by atoms with Gasteiger partial charge in [0.15, 0.2) is 0 Å². The van der Waals surface area contributed by atoms with Crippen LogP contribution in [0.5, 0.6) is 5.88 Å². The van der Waals surface area contributed by atoms with Crippen LogP contribution in [0.1, 0.15) is 18.5 Å². The number of carbonyl (C=O) groups is 1. The highest BCUT2D eigenvalue weighted by atomic mass is 16.3. The summed E-state index contributed by atoms with van der Waals surface area (Å²) < 4.78 is 1.67. The van der Waals surface area contributed by atoms with Gasteiger partial charge in [-0.05, 0) is 84.7 Å². The molecule has 0 spiro atoms. The molecule has 2 aliphatic heterocycles. The maximum atomic E-state index is 13.2. The van der Waals surface area contributed by atoms with Crippen molar-refractivity contribution in [1.82, 2.24) is 14.3 Å². The molecular weight excluding hydrogens is 498 g/mol. The van der Waals surface area contributed by atoms with Gasteiger partial charge in [0.1, 0.15) is 22.9 Å². The fourth-order valence-corrected chi connectivity index (χ4v) is 5.36. The van der Waals surface area contributed by atoms with Crippen molar-refractivity contribution < 1.29 is 9.90 Å². The van der Waals surface area contributed by atoms with E-state index in [4.69, 9.17) is 0 Å². The van der Waals surface area contributed by atoms with Crippen LogP contribution in [0.15, 0.2) is 143 Å². The molecule has 0 radical (unpaired) electrons. The van der Waals surface area contributed by atoms with Crippen LogP contribution >= 0.6 is 0 Å². The Morgan fingerprint density at radius 3 is 2.27 bits per heavy atom. The van der Waals surface area contributed by atoms with E-state index in [2.05, 4.69) is 39.1 Å². The smallest absolute Gasteiger partial charge is 0.282 e. The number of hydrogen-bond acceptors (Lipinski definition) is 5. The summed E-state index contributed by atoms with van der Waals surface area (Å²) in [4.78, 5) is 26.3. The van der Waals surface area contributed by atoms with Crippen molar-refractivity contribution in [2.75, 3.05) is 4.90 Å². The summed E-state index contributed by atoms with van der Waals surface area (Å²) in [5.41, 5.74) is 6.49. The number of allylic oxidation sites excluding steroid dienone is 5. The molecule has 0 unspecified atom stereocenters.